The molecule has 0 aromatic heterocycles. The number of para-hydroxylation sites is 1. The summed E-state index contributed by atoms with van der Waals surface area (Å²) in [6.45, 7) is 0. The van der Waals surface area contributed by atoms with Crippen LogP contribution < -0.4 is 5.32 Å². The molecule has 0 aliphatic carbocycles. The summed E-state index contributed by atoms with van der Waals surface area (Å²) in [6.07, 6.45) is 0. The molecule has 0 fully saturated rings. The van der Waals surface area contributed by atoms with E-state index in [0.717, 1.165) is 5.69 Å². The Balaban J connectivity index is 2.32. The first-order valence-electron chi connectivity index (χ1n) is 5.21. The molecule has 5 nitrogen and oxygen atoms in total. The van der Waals surface area contributed by atoms with Crippen molar-refractivity contribution in [1.82, 2.24) is 0 Å². The molecule has 2 rings (SSSR count). The van der Waals surface area contributed by atoms with E-state index in [9.17, 15) is 10.1 Å². The van der Waals surface area contributed by atoms with Crippen LogP contribution in [0.15, 0.2) is 48.5 Å². The average Bonchev–Trinajstić information content (AvgIpc) is 2.39. The summed E-state index contributed by atoms with van der Waals surface area (Å²) in [5.41, 5.74) is 1.36. The Labute approximate surface area is 103 Å². The Morgan fingerprint density at radius 3 is 2.44 bits per heavy atom. The van der Waals surface area contributed by atoms with Crippen LogP contribution in [0.25, 0.3) is 0 Å². The van der Waals surface area contributed by atoms with Crippen molar-refractivity contribution >= 4 is 17.1 Å². The highest BCUT2D eigenvalue weighted by Crippen LogP contribution is 2.24. The summed E-state index contributed by atoms with van der Waals surface area (Å²) in [6, 6.07) is 15.6. The molecule has 0 amide bonds. The lowest BCUT2D eigenvalue weighted by molar-refractivity contribution is -0.385. The first-order chi connectivity index (χ1) is 8.70. The quantitative estimate of drug-likeness (QED) is 0.658. The van der Waals surface area contributed by atoms with Crippen LogP contribution in [-0.4, -0.2) is 4.92 Å². The molecule has 2 aromatic carbocycles. The monoisotopic (exact) mass is 239 g/mol. The number of rotatable bonds is 3. The topological polar surface area (TPSA) is 79.0 Å². The van der Waals surface area contributed by atoms with Gasteiger partial charge in [0.25, 0.3) is 5.69 Å². The molecular weight excluding hydrogens is 230 g/mol. The van der Waals surface area contributed by atoms with Gasteiger partial charge in [0.1, 0.15) is 11.6 Å². The van der Waals surface area contributed by atoms with Crippen molar-refractivity contribution in [3.63, 3.8) is 0 Å². The summed E-state index contributed by atoms with van der Waals surface area (Å²) in [5, 5.41) is 22.6. The van der Waals surface area contributed by atoms with Crippen LogP contribution in [-0.2, 0) is 0 Å². The minimum absolute atomic E-state index is 0.0425. The Kier molecular flexibility index (Phi) is 3.21. The fourth-order valence-corrected chi connectivity index (χ4v) is 1.55. The van der Waals surface area contributed by atoms with E-state index in [-0.39, 0.29) is 11.3 Å². The molecule has 1 N–H and O–H groups in total. The largest absolute Gasteiger partial charge is 0.355 e. The van der Waals surface area contributed by atoms with Crippen molar-refractivity contribution in [2.75, 3.05) is 5.32 Å². The highest BCUT2D eigenvalue weighted by Gasteiger charge is 2.13. The van der Waals surface area contributed by atoms with Gasteiger partial charge in [0.2, 0.25) is 0 Å². The van der Waals surface area contributed by atoms with Gasteiger partial charge in [-0.05, 0) is 24.3 Å². The van der Waals surface area contributed by atoms with Crippen LogP contribution in [0.4, 0.5) is 17.1 Å². The van der Waals surface area contributed by atoms with Gasteiger partial charge in [-0.1, -0.05) is 18.2 Å². The minimum Gasteiger partial charge on any atom is -0.355 e. The second kappa shape index (κ2) is 4.97. The average molecular weight is 239 g/mol. The molecule has 0 atom stereocenters. The lowest BCUT2D eigenvalue weighted by atomic mass is 10.1. The zero-order chi connectivity index (χ0) is 13.0. The van der Waals surface area contributed by atoms with Gasteiger partial charge < -0.3 is 5.32 Å². The molecule has 0 radical (unpaired) electrons. The van der Waals surface area contributed by atoms with Gasteiger partial charge in [-0.25, -0.2) is 0 Å². The number of benzene rings is 2. The Morgan fingerprint density at radius 2 is 1.83 bits per heavy atom. The Hall–Kier alpha value is -2.87. The SMILES string of the molecule is N#Cc1cc(Nc2ccccc2)ccc1[N+](=O)[O-]. The molecule has 0 heterocycles. The van der Waals surface area contributed by atoms with Crippen molar-refractivity contribution in [3.8, 4) is 6.07 Å². The van der Waals surface area contributed by atoms with Gasteiger partial charge in [-0.3, -0.25) is 10.1 Å². The predicted octanol–water partition coefficient (Wildman–Crippen LogP) is 3.21. The molecular formula is C13H9N3O2. The molecule has 0 aliphatic rings. The van der Waals surface area contributed by atoms with E-state index in [0.29, 0.717) is 5.69 Å². The lowest BCUT2D eigenvalue weighted by Gasteiger charge is -2.06. The van der Waals surface area contributed by atoms with Crippen molar-refractivity contribution in [2.45, 2.75) is 0 Å². The van der Waals surface area contributed by atoms with E-state index in [2.05, 4.69) is 5.32 Å². The number of nitro benzene ring substituents is 1. The number of hydrogen-bond acceptors (Lipinski definition) is 4. The number of nitriles is 1. The summed E-state index contributed by atoms with van der Waals surface area (Å²) < 4.78 is 0. The number of nitrogens with zero attached hydrogens (tertiary/aromatic N) is 2. The van der Waals surface area contributed by atoms with Crippen LogP contribution in [0.3, 0.4) is 0 Å². The molecule has 18 heavy (non-hydrogen) atoms. The third-order valence-electron chi connectivity index (χ3n) is 2.38. The number of nitro groups is 1. The van der Waals surface area contributed by atoms with Crippen molar-refractivity contribution in [1.29, 1.82) is 5.26 Å². The normalized spacial score (nSPS) is 9.50. The summed E-state index contributed by atoms with van der Waals surface area (Å²) >= 11 is 0. The molecule has 0 saturated carbocycles. The highest BCUT2D eigenvalue weighted by molar-refractivity contribution is 5.65. The van der Waals surface area contributed by atoms with Crippen molar-refractivity contribution in [3.05, 3.63) is 64.2 Å². The predicted molar refractivity (Wildman–Crippen MR) is 67.5 cm³/mol. The van der Waals surface area contributed by atoms with Gasteiger partial charge in [0.05, 0.1) is 4.92 Å². The van der Waals surface area contributed by atoms with E-state index >= 15 is 0 Å². The fourth-order valence-electron chi connectivity index (χ4n) is 1.55. The van der Waals surface area contributed by atoms with E-state index < -0.39 is 4.92 Å². The minimum atomic E-state index is -0.565. The van der Waals surface area contributed by atoms with Gasteiger partial charge in [0, 0.05) is 17.4 Å². The standard InChI is InChI=1S/C13H9N3O2/c14-9-10-8-12(6-7-13(10)16(17)18)15-11-4-2-1-3-5-11/h1-8,15H. The van der Waals surface area contributed by atoms with E-state index in [1.165, 1.54) is 12.1 Å². The van der Waals surface area contributed by atoms with Gasteiger partial charge in [0.15, 0.2) is 0 Å². The number of hydrogen-bond donors (Lipinski definition) is 1. The smallest absolute Gasteiger partial charge is 0.287 e. The molecule has 0 spiro atoms. The van der Waals surface area contributed by atoms with Crippen LogP contribution in [0, 0.1) is 21.4 Å². The second-order valence-corrected chi connectivity index (χ2v) is 3.59. The number of nitrogens with one attached hydrogen (secondary N) is 1. The maximum absolute atomic E-state index is 10.7. The van der Waals surface area contributed by atoms with Crippen molar-refractivity contribution < 1.29 is 4.92 Å². The third kappa shape index (κ3) is 2.44. The Morgan fingerprint density at radius 1 is 1.11 bits per heavy atom. The first kappa shape index (κ1) is 11.6. The highest BCUT2D eigenvalue weighted by atomic mass is 16.6. The summed E-state index contributed by atoms with van der Waals surface area (Å²) in [4.78, 5) is 10.1. The van der Waals surface area contributed by atoms with Crippen molar-refractivity contribution in [2.24, 2.45) is 0 Å². The van der Waals surface area contributed by atoms with E-state index in [1.807, 2.05) is 36.4 Å². The molecule has 0 bridgehead atoms. The molecule has 0 unspecified atom stereocenters. The summed E-state index contributed by atoms with van der Waals surface area (Å²) in [7, 11) is 0. The first-order valence-corrected chi connectivity index (χ1v) is 5.21. The molecule has 2 aromatic rings. The van der Waals surface area contributed by atoms with Crippen LogP contribution in [0.1, 0.15) is 5.56 Å². The molecule has 0 saturated heterocycles. The maximum atomic E-state index is 10.7. The van der Waals surface area contributed by atoms with Crippen LogP contribution in [0.5, 0.6) is 0 Å². The van der Waals surface area contributed by atoms with E-state index in [4.69, 9.17) is 5.26 Å². The third-order valence-corrected chi connectivity index (χ3v) is 2.38. The molecule has 0 aliphatic heterocycles. The van der Waals surface area contributed by atoms with Gasteiger partial charge >= 0.3 is 0 Å². The maximum Gasteiger partial charge on any atom is 0.287 e. The van der Waals surface area contributed by atoms with Gasteiger partial charge in [-0.2, -0.15) is 5.26 Å². The molecule has 5 heteroatoms. The molecule has 88 valence electrons. The lowest BCUT2D eigenvalue weighted by Crippen LogP contribution is -1.95. The van der Waals surface area contributed by atoms with Crippen LogP contribution >= 0.6 is 0 Å². The van der Waals surface area contributed by atoms with E-state index in [1.54, 1.807) is 6.07 Å². The Bertz CT molecular complexity index is 618. The van der Waals surface area contributed by atoms with Gasteiger partial charge in [-0.15, -0.1) is 0 Å². The second-order valence-electron chi connectivity index (χ2n) is 3.59. The number of anilines is 2. The fraction of sp³-hybridized carbons (Fsp3) is 0. The zero-order valence-corrected chi connectivity index (χ0v) is 9.33. The van der Waals surface area contributed by atoms with Crippen LogP contribution in [0.2, 0.25) is 0 Å². The zero-order valence-electron chi connectivity index (χ0n) is 9.33. The summed E-state index contributed by atoms with van der Waals surface area (Å²) in [5.74, 6) is 0.